The smallest absolute Gasteiger partial charge is 0.266 e. The van der Waals surface area contributed by atoms with Gasteiger partial charge in [0.25, 0.3) is 11.5 Å². The van der Waals surface area contributed by atoms with E-state index >= 15 is 0 Å². The highest BCUT2D eigenvalue weighted by Gasteiger charge is 2.06. The molecule has 0 radical (unpaired) electrons. The minimum atomic E-state index is -0.285. The average molecular weight is 416 g/mol. The van der Waals surface area contributed by atoms with Crippen molar-refractivity contribution in [2.75, 3.05) is 13.2 Å². The van der Waals surface area contributed by atoms with Gasteiger partial charge in [-0.25, -0.2) is 14.3 Å². The Kier molecular flexibility index (Phi) is 6.13. The van der Waals surface area contributed by atoms with E-state index in [9.17, 15) is 9.59 Å². The van der Waals surface area contributed by atoms with E-state index in [1.807, 2.05) is 54.6 Å². The summed E-state index contributed by atoms with van der Waals surface area (Å²) in [4.78, 5) is 27.9. The molecule has 0 bridgehead atoms. The lowest BCUT2D eigenvalue weighted by Gasteiger charge is -2.10. The van der Waals surface area contributed by atoms with Gasteiger partial charge in [-0.2, -0.15) is 5.10 Å². The Bertz CT molecular complexity index is 1190. The van der Waals surface area contributed by atoms with Crippen molar-refractivity contribution in [2.45, 2.75) is 6.54 Å². The molecule has 2 aromatic heterocycles. The van der Waals surface area contributed by atoms with Crippen molar-refractivity contribution in [3.63, 3.8) is 0 Å². The van der Waals surface area contributed by atoms with Crippen LogP contribution in [0, 0.1) is 0 Å². The number of nitrogens with one attached hydrogen (secondary N) is 1. The van der Waals surface area contributed by atoms with Crippen LogP contribution >= 0.6 is 0 Å². The van der Waals surface area contributed by atoms with Gasteiger partial charge in [0.2, 0.25) is 0 Å². The third-order valence-corrected chi connectivity index (χ3v) is 4.48. The van der Waals surface area contributed by atoms with Crippen LogP contribution < -0.4 is 15.6 Å². The van der Waals surface area contributed by atoms with Gasteiger partial charge in [0, 0.05) is 12.6 Å². The van der Waals surface area contributed by atoms with E-state index in [1.54, 1.807) is 6.07 Å². The molecule has 9 heteroatoms. The van der Waals surface area contributed by atoms with E-state index in [4.69, 9.17) is 4.74 Å². The quantitative estimate of drug-likeness (QED) is 0.469. The highest BCUT2D eigenvalue weighted by Crippen LogP contribution is 2.21. The fraction of sp³-hybridized carbons (Fsp3) is 0.136. The van der Waals surface area contributed by atoms with Crippen LogP contribution in [0.2, 0.25) is 0 Å². The first-order chi connectivity index (χ1) is 15.2. The third kappa shape index (κ3) is 5.21. The predicted octanol–water partition coefficient (Wildman–Crippen LogP) is 1.69. The lowest BCUT2D eigenvalue weighted by Crippen LogP contribution is -2.34. The molecule has 2 heterocycles. The van der Waals surface area contributed by atoms with Crippen molar-refractivity contribution in [1.82, 2.24) is 29.9 Å². The Morgan fingerprint density at radius 1 is 0.968 bits per heavy atom. The van der Waals surface area contributed by atoms with Crippen LogP contribution in [0.5, 0.6) is 5.75 Å². The first kappa shape index (κ1) is 20.0. The maximum absolute atomic E-state index is 12.1. The number of carbonyl (C=O) groups excluding carboxylic acids is 1. The second-order valence-electron chi connectivity index (χ2n) is 6.62. The fourth-order valence-electron chi connectivity index (χ4n) is 2.92. The Balaban J connectivity index is 1.26. The van der Waals surface area contributed by atoms with Crippen LogP contribution in [-0.2, 0) is 11.3 Å². The number of aromatic nitrogens is 5. The first-order valence-corrected chi connectivity index (χ1v) is 9.67. The Labute approximate surface area is 177 Å². The summed E-state index contributed by atoms with van der Waals surface area (Å²) in [6.07, 6.45) is 2.87. The molecule has 0 fully saturated rings. The van der Waals surface area contributed by atoms with Crippen molar-refractivity contribution in [2.24, 2.45) is 0 Å². The molecule has 0 atom stereocenters. The van der Waals surface area contributed by atoms with Crippen molar-refractivity contribution < 1.29 is 9.53 Å². The van der Waals surface area contributed by atoms with E-state index in [1.165, 1.54) is 28.1 Å². The zero-order valence-corrected chi connectivity index (χ0v) is 16.6. The molecule has 31 heavy (non-hydrogen) atoms. The summed E-state index contributed by atoms with van der Waals surface area (Å²) in [6.45, 7) is 0.341. The fourth-order valence-corrected chi connectivity index (χ4v) is 2.92. The third-order valence-electron chi connectivity index (χ3n) is 4.48. The maximum Gasteiger partial charge on any atom is 0.266 e. The van der Waals surface area contributed by atoms with Crippen LogP contribution in [0.15, 0.2) is 84.2 Å². The molecule has 4 aromatic rings. The van der Waals surface area contributed by atoms with Crippen LogP contribution in [0.1, 0.15) is 0 Å². The van der Waals surface area contributed by atoms with Gasteiger partial charge < -0.3 is 10.1 Å². The molecule has 2 aromatic carbocycles. The standard InChI is InChI=1S/C22H20N6O3/c29-21(14-31-19-8-6-18(7-9-19)17-4-2-1-3-5-17)24-12-13-27-22(30)11-10-20(26-27)28-16-23-15-25-28/h1-11,15-16H,12-14H2,(H,24,29). The topological polar surface area (TPSA) is 104 Å². The van der Waals surface area contributed by atoms with Gasteiger partial charge in [0.15, 0.2) is 12.4 Å². The summed E-state index contributed by atoms with van der Waals surface area (Å²) >= 11 is 0. The number of benzene rings is 2. The minimum absolute atomic E-state index is 0.119. The highest BCUT2D eigenvalue weighted by molar-refractivity contribution is 5.77. The zero-order chi connectivity index (χ0) is 21.5. The number of amides is 1. The summed E-state index contributed by atoms with van der Waals surface area (Å²) in [7, 11) is 0. The van der Waals surface area contributed by atoms with Gasteiger partial charge in [0.05, 0.1) is 6.54 Å². The number of hydrogen-bond donors (Lipinski definition) is 1. The number of nitrogens with zero attached hydrogens (tertiary/aromatic N) is 5. The number of hydrogen-bond acceptors (Lipinski definition) is 6. The van der Waals surface area contributed by atoms with Gasteiger partial charge in [-0.3, -0.25) is 9.59 Å². The molecule has 4 rings (SSSR count). The van der Waals surface area contributed by atoms with Gasteiger partial charge in [-0.1, -0.05) is 42.5 Å². The van der Waals surface area contributed by atoms with Crippen molar-refractivity contribution in [3.8, 4) is 22.7 Å². The number of carbonyl (C=O) groups is 1. The van der Waals surface area contributed by atoms with E-state index in [0.29, 0.717) is 11.6 Å². The summed E-state index contributed by atoms with van der Waals surface area (Å²) in [6, 6.07) is 20.5. The molecule has 1 N–H and O–H groups in total. The number of rotatable bonds is 8. The van der Waals surface area contributed by atoms with Crippen molar-refractivity contribution in [1.29, 1.82) is 0 Å². The largest absolute Gasteiger partial charge is 0.484 e. The second-order valence-corrected chi connectivity index (χ2v) is 6.62. The Morgan fingerprint density at radius 3 is 2.48 bits per heavy atom. The number of ether oxygens (including phenoxy) is 1. The molecular formula is C22H20N6O3. The highest BCUT2D eigenvalue weighted by atomic mass is 16.5. The molecule has 0 aliphatic heterocycles. The SMILES string of the molecule is O=C(COc1ccc(-c2ccccc2)cc1)NCCn1nc(-n2cncn2)ccc1=O. The minimum Gasteiger partial charge on any atom is -0.484 e. The van der Waals surface area contributed by atoms with E-state index in [0.717, 1.165) is 11.1 Å². The van der Waals surface area contributed by atoms with Crippen molar-refractivity contribution in [3.05, 3.63) is 89.7 Å². The average Bonchev–Trinajstić information content (AvgIpc) is 3.35. The molecule has 156 valence electrons. The molecule has 0 saturated heterocycles. The molecular weight excluding hydrogens is 396 g/mol. The predicted molar refractivity (Wildman–Crippen MR) is 114 cm³/mol. The van der Waals surface area contributed by atoms with Gasteiger partial charge in [-0.15, -0.1) is 5.10 Å². The molecule has 0 aliphatic carbocycles. The van der Waals surface area contributed by atoms with Gasteiger partial charge >= 0.3 is 0 Å². The lowest BCUT2D eigenvalue weighted by molar-refractivity contribution is -0.123. The summed E-state index contributed by atoms with van der Waals surface area (Å²) in [5, 5.41) is 10.9. The van der Waals surface area contributed by atoms with Crippen LogP contribution in [0.3, 0.4) is 0 Å². The summed E-state index contributed by atoms with van der Waals surface area (Å²) in [5.74, 6) is 0.784. The molecule has 1 amide bonds. The molecule has 0 unspecified atom stereocenters. The van der Waals surface area contributed by atoms with Crippen LogP contribution in [0.25, 0.3) is 16.9 Å². The molecule has 9 nitrogen and oxygen atoms in total. The maximum atomic E-state index is 12.1. The first-order valence-electron chi connectivity index (χ1n) is 9.67. The molecule has 0 aliphatic rings. The van der Waals surface area contributed by atoms with Crippen LogP contribution in [-0.4, -0.2) is 43.6 Å². The van der Waals surface area contributed by atoms with E-state index in [-0.39, 0.29) is 31.2 Å². The van der Waals surface area contributed by atoms with Gasteiger partial charge in [0.1, 0.15) is 18.4 Å². The van der Waals surface area contributed by atoms with Crippen LogP contribution in [0.4, 0.5) is 0 Å². The van der Waals surface area contributed by atoms with Gasteiger partial charge in [-0.05, 0) is 29.3 Å². The Morgan fingerprint density at radius 2 is 1.74 bits per heavy atom. The molecule has 0 spiro atoms. The summed E-state index contributed by atoms with van der Waals surface area (Å²) < 4.78 is 8.25. The van der Waals surface area contributed by atoms with E-state index < -0.39 is 0 Å². The van der Waals surface area contributed by atoms with E-state index in [2.05, 4.69) is 20.5 Å². The summed E-state index contributed by atoms with van der Waals surface area (Å²) in [5.41, 5.74) is 1.92. The monoisotopic (exact) mass is 416 g/mol. The Hall–Kier alpha value is -4.27. The molecule has 0 saturated carbocycles. The second kappa shape index (κ2) is 9.49. The zero-order valence-electron chi connectivity index (χ0n) is 16.6. The van der Waals surface area contributed by atoms with Crippen molar-refractivity contribution >= 4 is 5.91 Å². The normalized spacial score (nSPS) is 10.6. The lowest BCUT2D eigenvalue weighted by atomic mass is 10.1.